The predicted molar refractivity (Wildman–Crippen MR) is 92.6 cm³/mol. The van der Waals surface area contributed by atoms with Gasteiger partial charge in [0, 0.05) is 29.1 Å². The van der Waals surface area contributed by atoms with Gasteiger partial charge in [-0.25, -0.2) is 0 Å². The van der Waals surface area contributed by atoms with Crippen molar-refractivity contribution >= 4 is 33.4 Å². The number of anilines is 1. The van der Waals surface area contributed by atoms with Crippen molar-refractivity contribution in [2.24, 2.45) is 5.41 Å². The number of rotatable bonds is 5. The molecular formula is C17H18BrN3O2. The van der Waals surface area contributed by atoms with Crippen LogP contribution in [-0.2, 0) is 16.1 Å². The number of nitrogens with zero attached hydrogens (tertiary/aromatic N) is 1. The van der Waals surface area contributed by atoms with Crippen LogP contribution in [0.2, 0.25) is 0 Å². The molecule has 2 aromatic rings. The molecule has 2 N–H and O–H groups in total. The van der Waals surface area contributed by atoms with Crippen molar-refractivity contribution in [2.75, 3.05) is 5.32 Å². The number of nitrogens with one attached hydrogen (secondary N) is 2. The van der Waals surface area contributed by atoms with Crippen molar-refractivity contribution in [3.8, 4) is 0 Å². The molecule has 0 unspecified atom stereocenters. The molecule has 0 radical (unpaired) electrons. The molecule has 2 amide bonds. The number of hydrogen-bond acceptors (Lipinski definition) is 3. The van der Waals surface area contributed by atoms with Gasteiger partial charge in [0.15, 0.2) is 0 Å². The molecule has 1 aromatic heterocycles. The minimum absolute atomic E-state index is 0.330. The molecule has 0 saturated heterocycles. The average molecular weight is 376 g/mol. The first-order valence-electron chi connectivity index (χ1n) is 7.14. The maximum Gasteiger partial charge on any atom is 0.239 e. The molecule has 0 saturated carbocycles. The van der Waals surface area contributed by atoms with E-state index >= 15 is 0 Å². The molecule has 0 aliphatic rings. The van der Waals surface area contributed by atoms with Crippen LogP contribution in [0.25, 0.3) is 0 Å². The highest BCUT2D eigenvalue weighted by molar-refractivity contribution is 9.10. The Kier molecular flexibility index (Phi) is 5.50. The summed E-state index contributed by atoms with van der Waals surface area (Å²) in [5.74, 6) is -0.684. The number of halogens is 1. The van der Waals surface area contributed by atoms with Gasteiger partial charge in [-0.3, -0.25) is 14.6 Å². The van der Waals surface area contributed by atoms with E-state index in [0.717, 1.165) is 10.0 Å². The number of pyridine rings is 1. The molecule has 0 spiro atoms. The van der Waals surface area contributed by atoms with Gasteiger partial charge in [0.1, 0.15) is 5.41 Å². The highest BCUT2D eigenvalue weighted by atomic mass is 79.9. The third-order valence-electron chi connectivity index (χ3n) is 3.44. The summed E-state index contributed by atoms with van der Waals surface area (Å²) in [7, 11) is 0. The zero-order chi connectivity index (χ0) is 16.9. The molecule has 0 aliphatic heterocycles. The van der Waals surface area contributed by atoms with Crippen LogP contribution in [0.5, 0.6) is 0 Å². The number of benzene rings is 1. The van der Waals surface area contributed by atoms with E-state index in [1.165, 1.54) is 0 Å². The first-order valence-corrected chi connectivity index (χ1v) is 7.93. The largest absolute Gasteiger partial charge is 0.351 e. The van der Waals surface area contributed by atoms with Crippen molar-refractivity contribution in [3.63, 3.8) is 0 Å². The second-order valence-corrected chi connectivity index (χ2v) is 6.54. The first kappa shape index (κ1) is 17.1. The maximum atomic E-state index is 12.4. The lowest BCUT2D eigenvalue weighted by atomic mass is 9.91. The normalized spacial score (nSPS) is 10.9. The van der Waals surface area contributed by atoms with Gasteiger partial charge in [0.2, 0.25) is 11.8 Å². The smallest absolute Gasteiger partial charge is 0.239 e. The minimum atomic E-state index is -1.18. The topological polar surface area (TPSA) is 71.1 Å². The second kappa shape index (κ2) is 7.37. The summed E-state index contributed by atoms with van der Waals surface area (Å²) in [6.07, 6.45) is 3.32. The van der Waals surface area contributed by atoms with E-state index in [1.807, 2.05) is 24.3 Å². The van der Waals surface area contributed by atoms with E-state index in [-0.39, 0.29) is 11.8 Å². The third-order valence-corrected chi connectivity index (χ3v) is 3.97. The standard InChI is InChI=1S/C17H18BrN3O2/c1-17(2,15(22)20-11-12-7-9-19-10-8-12)16(23)21-14-5-3-13(18)4-6-14/h3-10H,11H2,1-2H3,(H,20,22)(H,21,23). The van der Waals surface area contributed by atoms with E-state index < -0.39 is 5.41 Å². The molecule has 120 valence electrons. The van der Waals surface area contributed by atoms with Crippen LogP contribution in [0.4, 0.5) is 5.69 Å². The summed E-state index contributed by atoms with van der Waals surface area (Å²) < 4.78 is 0.921. The Hall–Kier alpha value is -2.21. The van der Waals surface area contributed by atoms with E-state index in [4.69, 9.17) is 0 Å². The fourth-order valence-corrected chi connectivity index (χ4v) is 2.09. The molecule has 0 atom stereocenters. The number of amides is 2. The van der Waals surface area contributed by atoms with E-state index in [1.54, 1.807) is 38.4 Å². The minimum Gasteiger partial charge on any atom is -0.351 e. The molecule has 1 heterocycles. The summed E-state index contributed by atoms with van der Waals surface area (Å²) in [6, 6.07) is 10.8. The Morgan fingerprint density at radius 3 is 2.26 bits per heavy atom. The quantitative estimate of drug-likeness (QED) is 0.788. The van der Waals surface area contributed by atoms with Gasteiger partial charge in [0.25, 0.3) is 0 Å². The zero-order valence-corrected chi connectivity index (χ0v) is 14.6. The molecule has 0 fully saturated rings. The number of hydrogen-bond donors (Lipinski definition) is 2. The van der Waals surface area contributed by atoms with Gasteiger partial charge in [-0.2, -0.15) is 0 Å². The van der Waals surface area contributed by atoms with Crippen LogP contribution in [0.15, 0.2) is 53.3 Å². The van der Waals surface area contributed by atoms with Crippen molar-refractivity contribution < 1.29 is 9.59 Å². The maximum absolute atomic E-state index is 12.4. The van der Waals surface area contributed by atoms with Crippen LogP contribution in [0.1, 0.15) is 19.4 Å². The van der Waals surface area contributed by atoms with Crippen molar-refractivity contribution in [2.45, 2.75) is 20.4 Å². The SMILES string of the molecule is CC(C)(C(=O)NCc1ccncc1)C(=O)Nc1ccc(Br)cc1. The predicted octanol–water partition coefficient (Wildman–Crippen LogP) is 3.13. The van der Waals surface area contributed by atoms with Crippen molar-refractivity contribution in [1.29, 1.82) is 0 Å². The second-order valence-electron chi connectivity index (χ2n) is 5.62. The van der Waals surface area contributed by atoms with Gasteiger partial charge >= 0.3 is 0 Å². The summed E-state index contributed by atoms with van der Waals surface area (Å²) in [6.45, 7) is 3.56. The van der Waals surface area contributed by atoms with Gasteiger partial charge in [-0.05, 0) is 55.8 Å². The lowest BCUT2D eigenvalue weighted by Crippen LogP contribution is -2.44. The summed E-state index contributed by atoms with van der Waals surface area (Å²) in [4.78, 5) is 28.6. The molecule has 2 rings (SSSR count). The number of carbonyl (C=O) groups is 2. The number of aromatic nitrogens is 1. The van der Waals surface area contributed by atoms with Crippen LogP contribution >= 0.6 is 15.9 Å². The Bertz CT molecular complexity index is 685. The summed E-state index contributed by atoms with van der Waals surface area (Å²) in [5.41, 5.74) is 0.394. The molecule has 23 heavy (non-hydrogen) atoms. The van der Waals surface area contributed by atoms with Crippen LogP contribution in [0.3, 0.4) is 0 Å². The molecule has 0 aliphatic carbocycles. The Labute approximate surface area is 143 Å². The molecule has 1 aromatic carbocycles. The van der Waals surface area contributed by atoms with Crippen LogP contribution in [0, 0.1) is 5.41 Å². The van der Waals surface area contributed by atoms with Crippen LogP contribution in [-0.4, -0.2) is 16.8 Å². The summed E-state index contributed by atoms with van der Waals surface area (Å²) in [5, 5.41) is 5.54. The monoisotopic (exact) mass is 375 g/mol. The Morgan fingerprint density at radius 2 is 1.65 bits per heavy atom. The van der Waals surface area contributed by atoms with Crippen molar-refractivity contribution in [3.05, 3.63) is 58.8 Å². The average Bonchev–Trinajstić information content (AvgIpc) is 2.55. The lowest BCUT2D eigenvalue weighted by molar-refractivity contribution is -0.138. The van der Waals surface area contributed by atoms with E-state index in [0.29, 0.717) is 12.2 Å². The van der Waals surface area contributed by atoms with E-state index in [9.17, 15) is 9.59 Å². The van der Waals surface area contributed by atoms with Gasteiger partial charge < -0.3 is 10.6 Å². The molecule has 0 bridgehead atoms. The van der Waals surface area contributed by atoms with Gasteiger partial charge in [-0.15, -0.1) is 0 Å². The fourth-order valence-electron chi connectivity index (χ4n) is 1.83. The van der Waals surface area contributed by atoms with E-state index in [2.05, 4.69) is 31.5 Å². The first-order chi connectivity index (χ1) is 10.9. The highest BCUT2D eigenvalue weighted by Gasteiger charge is 2.35. The van der Waals surface area contributed by atoms with Gasteiger partial charge in [0.05, 0.1) is 0 Å². The molecule has 5 nitrogen and oxygen atoms in total. The fraction of sp³-hybridized carbons (Fsp3) is 0.235. The van der Waals surface area contributed by atoms with Crippen molar-refractivity contribution in [1.82, 2.24) is 10.3 Å². The lowest BCUT2D eigenvalue weighted by Gasteiger charge is -2.22. The highest BCUT2D eigenvalue weighted by Crippen LogP contribution is 2.20. The Morgan fingerprint density at radius 1 is 1.04 bits per heavy atom. The third kappa shape index (κ3) is 4.63. The zero-order valence-electron chi connectivity index (χ0n) is 13.0. The van der Waals surface area contributed by atoms with Gasteiger partial charge in [-0.1, -0.05) is 15.9 Å². The molecular weight excluding hydrogens is 358 g/mol. The number of carbonyl (C=O) groups excluding carboxylic acids is 2. The Balaban J connectivity index is 1.97. The summed E-state index contributed by atoms with van der Waals surface area (Å²) >= 11 is 3.34. The molecule has 6 heteroatoms. The van der Waals surface area contributed by atoms with Crippen LogP contribution < -0.4 is 10.6 Å².